The number of halogens is 4. The van der Waals surface area contributed by atoms with E-state index >= 15 is 0 Å². The quantitative estimate of drug-likeness (QED) is 0.829. The Bertz CT molecular complexity index is 566. The molecule has 0 aliphatic rings. The van der Waals surface area contributed by atoms with Crippen molar-refractivity contribution in [1.29, 1.82) is 0 Å². The minimum Gasteiger partial charge on any atom is -0.227 e. The Kier molecular flexibility index (Phi) is 3.59. The standard InChI is InChI=1S/C11H8ClF3N2S/c12-8-3-1-2-4-9(8)17-10(11(13,14)15)7(6-18)5-16-17/h1-5,18H,6H2. The van der Waals surface area contributed by atoms with Crippen molar-refractivity contribution >= 4 is 24.2 Å². The van der Waals surface area contributed by atoms with Crippen LogP contribution in [0.15, 0.2) is 30.5 Å². The lowest BCUT2D eigenvalue weighted by molar-refractivity contribution is -0.143. The summed E-state index contributed by atoms with van der Waals surface area (Å²) in [6.45, 7) is 0. The normalized spacial score (nSPS) is 11.8. The largest absolute Gasteiger partial charge is 0.433 e. The molecule has 1 aromatic carbocycles. The molecule has 0 fully saturated rings. The van der Waals surface area contributed by atoms with Gasteiger partial charge in [0.15, 0.2) is 5.69 Å². The molecule has 0 saturated carbocycles. The maximum atomic E-state index is 13.0. The smallest absolute Gasteiger partial charge is 0.227 e. The molecule has 0 N–H and O–H groups in total. The van der Waals surface area contributed by atoms with Crippen LogP contribution < -0.4 is 0 Å². The van der Waals surface area contributed by atoms with Crippen molar-refractivity contribution in [2.24, 2.45) is 0 Å². The van der Waals surface area contributed by atoms with Gasteiger partial charge in [0.1, 0.15) is 0 Å². The molecule has 0 bridgehead atoms. The average molecular weight is 293 g/mol. The summed E-state index contributed by atoms with van der Waals surface area (Å²) in [6.07, 6.45) is -3.35. The van der Waals surface area contributed by atoms with Gasteiger partial charge in [-0.15, -0.1) is 0 Å². The lowest BCUT2D eigenvalue weighted by Crippen LogP contribution is -2.15. The molecule has 0 aliphatic heterocycles. The third-order valence-corrected chi connectivity index (χ3v) is 3.02. The van der Waals surface area contributed by atoms with Crippen molar-refractivity contribution in [2.75, 3.05) is 0 Å². The molecule has 7 heteroatoms. The molecule has 0 saturated heterocycles. The molecule has 0 radical (unpaired) electrons. The molecule has 0 spiro atoms. The summed E-state index contributed by atoms with van der Waals surface area (Å²) in [7, 11) is 0. The van der Waals surface area contributed by atoms with E-state index in [-0.39, 0.29) is 22.0 Å². The number of thiol groups is 1. The minimum absolute atomic E-state index is 0.0192. The van der Waals surface area contributed by atoms with Crippen molar-refractivity contribution in [1.82, 2.24) is 9.78 Å². The molecular formula is C11H8ClF3N2S. The number of benzene rings is 1. The Hall–Kier alpha value is -1.14. The first-order chi connectivity index (χ1) is 8.45. The van der Waals surface area contributed by atoms with Crippen LogP contribution in [0.4, 0.5) is 13.2 Å². The van der Waals surface area contributed by atoms with Gasteiger partial charge in [-0.1, -0.05) is 23.7 Å². The van der Waals surface area contributed by atoms with Gasteiger partial charge in [0, 0.05) is 11.3 Å². The second kappa shape index (κ2) is 4.85. The van der Waals surface area contributed by atoms with Crippen LogP contribution >= 0.6 is 24.2 Å². The molecule has 2 rings (SSSR count). The lowest BCUT2D eigenvalue weighted by atomic mass is 10.2. The Morgan fingerprint density at radius 2 is 1.94 bits per heavy atom. The Morgan fingerprint density at radius 3 is 2.50 bits per heavy atom. The van der Waals surface area contributed by atoms with Crippen LogP contribution in [0.3, 0.4) is 0 Å². The summed E-state index contributed by atoms with van der Waals surface area (Å²) in [5.74, 6) is -0.0424. The lowest BCUT2D eigenvalue weighted by Gasteiger charge is -2.13. The van der Waals surface area contributed by atoms with Gasteiger partial charge in [-0.25, -0.2) is 4.68 Å². The first-order valence-electron chi connectivity index (χ1n) is 4.95. The van der Waals surface area contributed by atoms with Crippen LogP contribution in [0.2, 0.25) is 5.02 Å². The topological polar surface area (TPSA) is 17.8 Å². The highest BCUT2D eigenvalue weighted by molar-refractivity contribution is 7.79. The van der Waals surface area contributed by atoms with Crippen molar-refractivity contribution < 1.29 is 13.2 Å². The molecule has 96 valence electrons. The van der Waals surface area contributed by atoms with Crippen LogP contribution in [-0.2, 0) is 11.9 Å². The van der Waals surface area contributed by atoms with E-state index < -0.39 is 11.9 Å². The molecule has 0 aliphatic carbocycles. The van der Waals surface area contributed by atoms with Gasteiger partial charge in [-0.05, 0) is 12.1 Å². The molecule has 1 aromatic heterocycles. The zero-order valence-corrected chi connectivity index (χ0v) is 10.6. The fraction of sp³-hybridized carbons (Fsp3) is 0.182. The monoisotopic (exact) mass is 292 g/mol. The van der Waals surface area contributed by atoms with E-state index in [1.54, 1.807) is 12.1 Å². The number of aromatic nitrogens is 2. The first-order valence-corrected chi connectivity index (χ1v) is 5.96. The molecule has 18 heavy (non-hydrogen) atoms. The fourth-order valence-corrected chi connectivity index (χ4v) is 2.05. The maximum absolute atomic E-state index is 13.0. The number of alkyl halides is 3. The number of hydrogen-bond donors (Lipinski definition) is 1. The van der Waals surface area contributed by atoms with Crippen LogP contribution in [0.1, 0.15) is 11.3 Å². The molecule has 0 amide bonds. The summed E-state index contributed by atoms with van der Waals surface area (Å²) in [6, 6.07) is 6.23. The zero-order chi connectivity index (χ0) is 13.3. The third kappa shape index (κ3) is 2.35. The number of nitrogens with zero attached hydrogens (tertiary/aromatic N) is 2. The van der Waals surface area contributed by atoms with E-state index in [9.17, 15) is 13.2 Å². The fourth-order valence-electron chi connectivity index (χ4n) is 1.61. The Balaban J connectivity index is 2.66. The third-order valence-electron chi connectivity index (χ3n) is 2.36. The van der Waals surface area contributed by atoms with Crippen molar-refractivity contribution in [3.8, 4) is 5.69 Å². The van der Waals surface area contributed by atoms with Crippen LogP contribution in [-0.4, -0.2) is 9.78 Å². The second-order valence-corrected chi connectivity index (χ2v) is 4.26. The van der Waals surface area contributed by atoms with E-state index in [1.807, 2.05) is 0 Å². The van der Waals surface area contributed by atoms with Gasteiger partial charge in [0.25, 0.3) is 0 Å². The van der Waals surface area contributed by atoms with Crippen molar-refractivity contribution in [3.05, 3.63) is 46.7 Å². The predicted octanol–water partition coefficient (Wildman–Crippen LogP) is 3.97. The Labute approximate surface area is 112 Å². The highest BCUT2D eigenvalue weighted by Crippen LogP contribution is 2.35. The van der Waals surface area contributed by atoms with E-state index in [0.29, 0.717) is 0 Å². The molecule has 1 heterocycles. The van der Waals surface area contributed by atoms with Gasteiger partial charge < -0.3 is 0 Å². The first kappa shape index (κ1) is 13.3. The summed E-state index contributed by atoms with van der Waals surface area (Å²) >= 11 is 9.76. The van der Waals surface area contributed by atoms with Crippen molar-refractivity contribution in [3.63, 3.8) is 0 Å². The van der Waals surface area contributed by atoms with Gasteiger partial charge in [-0.3, -0.25) is 0 Å². The highest BCUT2D eigenvalue weighted by Gasteiger charge is 2.38. The average Bonchev–Trinajstić information content (AvgIpc) is 2.73. The van der Waals surface area contributed by atoms with Crippen LogP contribution in [0.25, 0.3) is 5.69 Å². The molecule has 0 unspecified atom stereocenters. The van der Waals surface area contributed by atoms with E-state index in [1.165, 1.54) is 12.1 Å². The molecule has 2 nitrogen and oxygen atoms in total. The van der Waals surface area contributed by atoms with Gasteiger partial charge in [0.05, 0.1) is 16.9 Å². The zero-order valence-electron chi connectivity index (χ0n) is 8.95. The van der Waals surface area contributed by atoms with E-state index in [2.05, 4.69) is 17.7 Å². The summed E-state index contributed by atoms with van der Waals surface area (Å²) < 4.78 is 39.8. The number of para-hydroxylation sites is 1. The van der Waals surface area contributed by atoms with Crippen molar-refractivity contribution in [2.45, 2.75) is 11.9 Å². The van der Waals surface area contributed by atoms with E-state index in [4.69, 9.17) is 11.6 Å². The molecule has 2 aromatic rings. The van der Waals surface area contributed by atoms with Gasteiger partial charge in [-0.2, -0.15) is 30.9 Å². The van der Waals surface area contributed by atoms with Gasteiger partial charge >= 0.3 is 6.18 Å². The molecular weight excluding hydrogens is 285 g/mol. The highest BCUT2D eigenvalue weighted by atomic mass is 35.5. The molecule has 0 atom stereocenters. The maximum Gasteiger partial charge on any atom is 0.433 e. The SMILES string of the molecule is FC(F)(F)c1c(CS)cnn1-c1ccccc1Cl. The minimum atomic E-state index is -4.51. The summed E-state index contributed by atoms with van der Waals surface area (Å²) in [5, 5.41) is 3.95. The van der Waals surface area contributed by atoms with E-state index in [0.717, 1.165) is 10.9 Å². The second-order valence-electron chi connectivity index (χ2n) is 3.54. The number of rotatable bonds is 2. The van der Waals surface area contributed by atoms with Gasteiger partial charge in [0.2, 0.25) is 0 Å². The van der Waals surface area contributed by atoms with Crippen LogP contribution in [0.5, 0.6) is 0 Å². The Morgan fingerprint density at radius 1 is 1.28 bits per heavy atom. The summed E-state index contributed by atoms with van der Waals surface area (Å²) in [5.41, 5.74) is -0.629. The van der Waals surface area contributed by atoms with Crippen LogP contribution in [0, 0.1) is 0 Å². The number of hydrogen-bond acceptors (Lipinski definition) is 2. The predicted molar refractivity (Wildman–Crippen MR) is 66.3 cm³/mol. The summed E-state index contributed by atoms with van der Waals surface area (Å²) in [4.78, 5) is 0.